The number of esters is 1. The molecule has 0 spiro atoms. The van der Waals surface area contributed by atoms with E-state index in [9.17, 15) is 18.0 Å². The van der Waals surface area contributed by atoms with Gasteiger partial charge in [0.05, 0.1) is 10.5 Å². The summed E-state index contributed by atoms with van der Waals surface area (Å²) in [5, 5.41) is 0. The molecule has 1 aromatic carbocycles. The van der Waals surface area contributed by atoms with Crippen molar-refractivity contribution >= 4 is 21.8 Å². The zero-order chi connectivity index (χ0) is 17.9. The van der Waals surface area contributed by atoms with Crippen LogP contribution in [0.5, 0.6) is 0 Å². The molecule has 0 aliphatic heterocycles. The van der Waals surface area contributed by atoms with Gasteiger partial charge < -0.3 is 4.74 Å². The Balaban J connectivity index is 2.31. The smallest absolute Gasteiger partial charge is 0.338 e. The fraction of sp³-hybridized carbons (Fsp3) is 0.529. The van der Waals surface area contributed by atoms with Gasteiger partial charge in [-0.15, -0.1) is 0 Å². The van der Waals surface area contributed by atoms with Crippen LogP contribution in [0.1, 0.15) is 49.0 Å². The Morgan fingerprint density at radius 1 is 1.29 bits per heavy atom. The Hall–Kier alpha value is -1.73. The van der Waals surface area contributed by atoms with Crippen LogP contribution >= 0.6 is 0 Å². The first kappa shape index (κ1) is 18.6. The molecule has 2 rings (SSSR count). The van der Waals surface area contributed by atoms with E-state index in [1.807, 2.05) is 0 Å². The third kappa shape index (κ3) is 3.67. The second-order valence-electron chi connectivity index (χ2n) is 5.82. The first-order valence-electron chi connectivity index (χ1n) is 8.15. The van der Waals surface area contributed by atoms with Crippen LogP contribution in [0.25, 0.3) is 0 Å². The number of carbonyl (C=O) groups is 2. The van der Waals surface area contributed by atoms with Crippen LogP contribution in [-0.2, 0) is 19.6 Å². The lowest BCUT2D eigenvalue weighted by molar-refractivity contribution is -0.124. The summed E-state index contributed by atoms with van der Waals surface area (Å²) in [6, 6.07) is 4.45. The lowest BCUT2D eigenvalue weighted by atomic mass is 10.1. The van der Waals surface area contributed by atoms with Crippen molar-refractivity contribution in [3.8, 4) is 0 Å². The summed E-state index contributed by atoms with van der Waals surface area (Å²) in [4.78, 5) is 24.0. The van der Waals surface area contributed by atoms with Gasteiger partial charge in [0.1, 0.15) is 0 Å². The molecule has 7 heteroatoms. The molecule has 0 N–H and O–H groups in total. The van der Waals surface area contributed by atoms with Crippen molar-refractivity contribution in [2.45, 2.75) is 51.0 Å². The molecule has 0 aromatic heterocycles. The molecule has 1 aliphatic rings. The molecular weight excluding hydrogens is 330 g/mol. The normalized spacial score (nSPS) is 18.2. The van der Waals surface area contributed by atoms with Gasteiger partial charge in [-0.3, -0.25) is 4.79 Å². The number of hydrogen-bond acceptors (Lipinski definition) is 5. The highest BCUT2D eigenvalue weighted by Crippen LogP contribution is 2.23. The fourth-order valence-corrected chi connectivity index (χ4v) is 4.52. The first-order valence-corrected chi connectivity index (χ1v) is 9.59. The van der Waals surface area contributed by atoms with E-state index in [0.29, 0.717) is 37.9 Å². The minimum absolute atomic E-state index is 0.0774. The third-order valence-corrected chi connectivity index (χ3v) is 6.44. The second kappa shape index (κ2) is 7.44. The highest BCUT2D eigenvalue weighted by Gasteiger charge is 2.29. The number of carbonyl (C=O) groups excluding carboxylic acids is 2. The second-order valence-corrected chi connectivity index (χ2v) is 7.73. The van der Waals surface area contributed by atoms with Gasteiger partial charge >= 0.3 is 5.97 Å². The van der Waals surface area contributed by atoms with E-state index in [0.717, 1.165) is 0 Å². The number of rotatable bonds is 6. The van der Waals surface area contributed by atoms with Gasteiger partial charge in [0.15, 0.2) is 11.9 Å². The molecule has 0 saturated heterocycles. The maximum absolute atomic E-state index is 12.7. The van der Waals surface area contributed by atoms with E-state index in [4.69, 9.17) is 4.74 Å². The molecule has 1 atom stereocenters. The summed E-state index contributed by atoms with van der Waals surface area (Å²) < 4.78 is 32.0. The number of ketones is 1. The minimum Gasteiger partial charge on any atom is -0.451 e. The summed E-state index contributed by atoms with van der Waals surface area (Å²) in [6.45, 7) is 5.92. The number of nitrogens with zero attached hydrogens (tertiary/aromatic N) is 1. The SMILES string of the molecule is CCN(CC)S(=O)(=O)c1cc(C(=O)O[C@H]2CCCC2=O)ccc1C. The molecule has 0 heterocycles. The molecule has 132 valence electrons. The van der Waals surface area contributed by atoms with Crippen molar-refractivity contribution in [3.63, 3.8) is 0 Å². The van der Waals surface area contributed by atoms with Gasteiger partial charge in [-0.25, -0.2) is 13.2 Å². The van der Waals surface area contributed by atoms with Crippen LogP contribution in [0.15, 0.2) is 23.1 Å². The lowest BCUT2D eigenvalue weighted by Gasteiger charge is -2.20. The van der Waals surface area contributed by atoms with E-state index in [1.54, 1.807) is 26.8 Å². The van der Waals surface area contributed by atoms with E-state index >= 15 is 0 Å². The van der Waals surface area contributed by atoms with Gasteiger partial charge in [0, 0.05) is 19.5 Å². The molecular formula is C17H23NO5S. The van der Waals surface area contributed by atoms with Crippen LogP contribution in [0.2, 0.25) is 0 Å². The third-order valence-electron chi connectivity index (χ3n) is 4.24. The summed E-state index contributed by atoms with van der Waals surface area (Å²) >= 11 is 0. The molecule has 1 aliphatic carbocycles. The van der Waals surface area contributed by atoms with Gasteiger partial charge in [-0.2, -0.15) is 4.31 Å². The average molecular weight is 353 g/mol. The summed E-state index contributed by atoms with van der Waals surface area (Å²) in [5.74, 6) is -0.738. The zero-order valence-corrected chi connectivity index (χ0v) is 15.1. The number of benzene rings is 1. The predicted octanol–water partition coefficient (Wildman–Crippen LogP) is 2.30. The van der Waals surface area contributed by atoms with E-state index in [-0.39, 0.29) is 16.2 Å². The van der Waals surface area contributed by atoms with Crippen molar-refractivity contribution in [1.82, 2.24) is 4.31 Å². The molecule has 1 saturated carbocycles. The van der Waals surface area contributed by atoms with Crippen LogP contribution < -0.4 is 0 Å². The van der Waals surface area contributed by atoms with Crippen molar-refractivity contribution in [3.05, 3.63) is 29.3 Å². The summed E-state index contributed by atoms with van der Waals surface area (Å²) in [6.07, 6.45) is 0.961. The standard InChI is InChI=1S/C17H23NO5S/c1-4-18(5-2)24(21,22)16-11-13(10-9-12(16)3)17(20)23-15-8-6-7-14(15)19/h9-11,15H,4-8H2,1-3H3/t15-/m0/s1. The number of aryl methyl sites for hydroxylation is 1. The van der Waals surface area contributed by atoms with E-state index < -0.39 is 22.1 Å². The van der Waals surface area contributed by atoms with E-state index in [1.165, 1.54) is 16.4 Å². The maximum Gasteiger partial charge on any atom is 0.338 e. The molecule has 0 unspecified atom stereocenters. The molecule has 0 bridgehead atoms. The predicted molar refractivity (Wildman–Crippen MR) is 89.3 cm³/mol. The molecule has 1 aromatic rings. The summed E-state index contributed by atoms with van der Waals surface area (Å²) in [5.41, 5.74) is 0.710. The number of sulfonamides is 1. The number of Topliss-reactive ketones (excluding diaryl/α,β-unsaturated/α-hetero) is 1. The lowest BCUT2D eigenvalue weighted by Crippen LogP contribution is -2.31. The molecule has 24 heavy (non-hydrogen) atoms. The Labute approximate surface area is 142 Å². The fourth-order valence-electron chi connectivity index (χ4n) is 2.81. The average Bonchev–Trinajstić information content (AvgIpc) is 2.93. The highest BCUT2D eigenvalue weighted by molar-refractivity contribution is 7.89. The molecule has 0 radical (unpaired) electrons. The highest BCUT2D eigenvalue weighted by atomic mass is 32.2. The topological polar surface area (TPSA) is 80.8 Å². The van der Waals surface area contributed by atoms with Crippen molar-refractivity contribution in [2.24, 2.45) is 0 Å². The first-order chi connectivity index (χ1) is 11.3. The van der Waals surface area contributed by atoms with Crippen molar-refractivity contribution in [2.75, 3.05) is 13.1 Å². The van der Waals surface area contributed by atoms with Gasteiger partial charge in [-0.1, -0.05) is 19.9 Å². The summed E-state index contributed by atoms with van der Waals surface area (Å²) in [7, 11) is -3.67. The molecule has 1 fully saturated rings. The largest absolute Gasteiger partial charge is 0.451 e. The van der Waals surface area contributed by atoms with E-state index in [2.05, 4.69) is 0 Å². The maximum atomic E-state index is 12.7. The van der Waals surface area contributed by atoms with Crippen molar-refractivity contribution in [1.29, 1.82) is 0 Å². The Bertz CT molecular complexity index is 737. The zero-order valence-electron chi connectivity index (χ0n) is 14.2. The van der Waals surface area contributed by atoms with Crippen LogP contribution in [-0.4, -0.2) is 43.7 Å². The van der Waals surface area contributed by atoms with Crippen LogP contribution in [0.3, 0.4) is 0 Å². The number of ether oxygens (including phenoxy) is 1. The van der Waals surface area contributed by atoms with Crippen molar-refractivity contribution < 1.29 is 22.7 Å². The monoisotopic (exact) mass is 353 g/mol. The van der Waals surface area contributed by atoms with Crippen LogP contribution in [0.4, 0.5) is 0 Å². The van der Waals surface area contributed by atoms with Crippen LogP contribution in [0, 0.1) is 6.92 Å². The van der Waals surface area contributed by atoms with Gasteiger partial charge in [0.2, 0.25) is 10.0 Å². The number of hydrogen-bond donors (Lipinski definition) is 0. The Morgan fingerprint density at radius 3 is 2.50 bits per heavy atom. The Morgan fingerprint density at radius 2 is 1.96 bits per heavy atom. The quantitative estimate of drug-likeness (QED) is 0.733. The molecule has 0 amide bonds. The molecule has 6 nitrogen and oxygen atoms in total. The van der Waals surface area contributed by atoms with Gasteiger partial charge in [-0.05, 0) is 37.5 Å². The Kier molecular flexibility index (Phi) is 5.77. The minimum atomic E-state index is -3.67. The van der Waals surface area contributed by atoms with Gasteiger partial charge in [0.25, 0.3) is 0 Å².